The van der Waals surface area contributed by atoms with Crippen molar-refractivity contribution in [1.82, 2.24) is 0 Å². The van der Waals surface area contributed by atoms with Crippen LogP contribution in [0.4, 0.5) is 34.1 Å². The zero-order chi connectivity index (χ0) is 50.9. The van der Waals surface area contributed by atoms with E-state index in [9.17, 15) is 4.11 Å². The van der Waals surface area contributed by atoms with Gasteiger partial charge in [-0.3, -0.25) is 0 Å². The molecule has 8 aromatic rings. The molecule has 344 valence electrons. The average molecular weight is 902 g/mol. The Labute approximate surface area is 417 Å². The average Bonchev–Trinajstić information content (AvgIpc) is 3.64. The molecule has 0 bridgehead atoms. The normalized spacial score (nSPS) is 15.7. The molecule has 0 amide bonds. The van der Waals surface area contributed by atoms with Crippen molar-refractivity contribution in [2.24, 2.45) is 5.41 Å². The van der Waals surface area contributed by atoms with Crippen LogP contribution in [0, 0.1) is 12.3 Å². The van der Waals surface area contributed by atoms with E-state index in [4.69, 9.17) is 0 Å². The molecule has 0 saturated heterocycles. The lowest BCUT2D eigenvalue weighted by Crippen LogP contribution is -2.61. The van der Waals surface area contributed by atoms with E-state index in [0.717, 1.165) is 85.8 Å². The first-order chi connectivity index (χ1) is 33.9. The molecule has 0 atom stereocenters. The largest absolute Gasteiger partial charge is 0.311 e. The molecular formula is C66H67BN2. The molecule has 0 aromatic heterocycles. The monoisotopic (exact) mass is 902 g/mol. The Hall–Kier alpha value is -6.58. The van der Waals surface area contributed by atoms with Crippen LogP contribution in [0.5, 0.6) is 0 Å². The molecule has 3 heteroatoms. The van der Waals surface area contributed by atoms with Gasteiger partial charge in [0.2, 0.25) is 0 Å². The van der Waals surface area contributed by atoms with Crippen LogP contribution in [0.1, 0.15) is 114 Å². The van der Waals surface area contributed by atoms with Crippen LogP contribution in [0.25, 0.3) is 33.4 Å². The Morgan fingerprint density at radius 1 is 0.435 bits per heavy atom. The third-order valence-electron chi connectivity index (χ3n) is 15.1. The number of aryl methyl sites for hydroxylation is 1. The lowest BCUT2D eigenvalue weighted by Gasteiger charge is -2.45. The summed E-state index contributed by atoms with van der Waals surface area (Å²) < 4.78 is 27.7. The summed E-state index contributed by atoms with van der Waals surface area (Å²) in [4.78, 5) is 4.85. The molecule has 2 nitrogen and oxygen atoms in total. The van der Waals surface area contributed by atoms with E-state index >= 15 is 0 Å². The zero-order valence-corrected chi connectivity index (χ0v) is 42.5. The number of hydrogen-bond donors (Lipinski definition) is 0. The molecule has 69 heavy (non-hydrogen) atoms. The van der Waals surface area contributed by atoms with Crippen molar-refractivity contribution in [1.29, 1.82) is 0 Å². The summed E-state index contributed by atoms with van der Waals surface area (Å²) in [7, 11) is 0. The molecule has 2 heterocycles. The van der Waals surface area contributed by atoms with Crippen molar-refractivity contribution in [2.75, 3.05) is 9.80 Å². The van der Waals surface area contributed by atoms with Crippen molar-refractivity contribution < 1.29 is 4.11 Å². The van der Waals surface area contributed by atoms with Gasteiger partial charge in [0, 0.05) is 38.1 Å². The number of anilines is 6. The molecule has 3 aliphatic rings. The van der Waals surface area contributed by atoms with Crippen LogP contribution in [0.15, 0.2) is 164 Å². The van der Waals surface area contributed by atoms with Gasteiger partial charge >= 0.3 is 0 Å². The minimum absolute atomic E-state index is 0.107. The highest BCUT2D eigenvalue weighted by Gasteiger charge is 2.45. The summed E-state index contributed by atoms with van der Waals surface area (Å²) in [6, 6.07) is 60.5. The van der Waals surface area contributed by atoms with Gasteiger partial charge in [-0.1, -0.05) is 173 Å². The molecule has 0 spiro atoms. The van der Waals surface area contributed by atoms with E-state index in [0.29, 0.717) is 5.56 Å². The topological polar surface area (TPSA) is 6.48 Å². The third-order valence-corrected chi connectivity index (χ3v) is 15.1. The molecule has 0 fully saturated rings. The van der Waals surface area contributed by atoms with Gasteiger partial charge in [0.1, 0.15) is 0 Å². The summed E-state index contributed by atoms with van der Waals surface area (Å²) >= 11 is 0. The number of nitrogens with zero attached hydrogens (tertiary/aromatic N) is 2. The predicted octanol–water partition coefficient (Wildman–Crippen LogP) is 16.1. The first-order valence-electron chi connectivity index (χ1n) is 26.5. The molecule has 0 saturated carbocycles. The maximum absolute atomic E-state index is 9.22. The number of fused-ring (bicyclic) bond motifs is 5. The molecule has 8 aromatic carbocycles. The van der Waals surface area contributed by atoms with Crippen LogP contribution < -0.4 is 26.2 Å². The van der Waals surface area contributed by atoms with Crippen molar-refractivity contribution in [3.05, 3.63) is 197 Å². The van der Waals surface area contributed by atoms with Gasteiger partial charge in [-0.25, -0.2) is 0 Å². The summed E-state index contributed by atoms with van der Waals surface area (Å²) in [5.41, 5.74) is 22.9. The van der Waals surface area contributed by atoms with Gasteiger partial charge in [0.15, 0.2) is 0 Å². The van der Waals surface area contributed by atoms with Gasteiger partial charge in [0.25, 0.3) is 6.71 Å². The Morgan fingerprint density at radius 3 is 1.58 bits per heavy atom. The van der Waals surface area contributed by atoms with E-state index < -0.39 is 6.85 Å². The highest BCUT2D eigenvalue weighted by molar-refractivity contribution is 7.00. The fourth-order valence-electron chi connectivity index (χ4n) is 11.5. The highest BCUT2D eigenvalue weighted by atomic mass is 15.2. The SMILES string of the molecule is [2H]C([2H])([2H])c1cc2c3c(c1)N(c1ccc(C(C)(C)C)cc1-c1cc(-c4ccccc4)cc(-c4ccccc4)c1)c1cc4c(cc1B3c1ccc(C(C)(C)C)cc1N2c1cccc(C(C)(C)C)c1)CC(C)(C)C4. The Balaban J connectivity index is 1.27. The maximum atomic E-state index is 9.22. The second-order valence-electron chi connectivity index (χ2n) is 24.1. The predicted molar refractivity (Wildman–Crippen MR) is 299 cm³/mol. The molecule has 0 radical (unpaired) electrons. The fraction of sp³-hybridized carbons (Fsp3) is 0.273. The number of rotatable bonds is 5. The van der Waals surface area contributed by atoms with Gasteiger partial charge in [-0.05, 0) is 186 Å². The van der Waals surface area contributed by atoms with E-state index in [1.165, 1.54) is 38.7 Å². The first kappa shape index (κ1) is 41.4. The van der Waals surface area contributed by atoms with Crippen LogP contribution in [-0.4, -0.2) is 6.71 Å². The van der Waals surface area contributed by atoms with E-state index in [1.54, 1.807) is 0 Å². The second kappa shape index (κ2) is 16.0. The Bertz CT molecular complexity index is 3380. The van der Waals surface area contributed by atoms with Gasteiger partial charge in [-0.15, -0.1) is 0 Å². The van der Waals surface area contributed by atoms with Crippen LogP contribution >= 0.6 is 0 Å². The van der Waals surface area contributed by atoms with Crippen molar-refractivity contribution >= 4 is 57.2 Å². The van der Waals surface area contributed by atoms with E-state index in [-0.39, 0.29) is 28.4 Å². The molecular weight excluding hydrogens is 832 g/mol. The van der Waals surface area contributed by atoms with Crippen molar-refractivity contribution in [3.63, 3.8) is 0 Å². The minimum atomic E-state index is -2.39. The molecule has 2 aliphatic heterocycles. The molecule has 11 rings (SSSR count). The van der Waals surface area contributed by atoms with Crippen molar-refractivity contribution in [2.45, 2.75) is 112 Å². The Kier molecular flexibility index (Phi) is 9.60. The van der Waals surface area contributed by atoms with Gasteiger partial charge in [0.05, 0.1) is 5.69 Å². The fourth-order valence-corrected chi connectivity index (χ4v) is 11.5. The third kappa shape index (κ3) is 7.93. The van der Waals surface area contributed by atoms with Crippen LogP contribution in [0.3, 0.4) is 0 Å². The maximum Gasteiger partial charge on any atom is 0.252 e. The molecule has 0 unspecified atom stereocenters. The quantitative estimate of drug-likeness (QED) is 0.159. The summed E-state index contributed by atoms with van der Waals surface area (Å²) in [6.45, 7) is 22.7. The zero-order valence-electron chi connectivity index (χ0n) is 45.5. The minimum Gasteiger partial charge on any atom is -0.311 e. The molecule has 0 N–H and O–H groups in total. The summed E-state index contributed by atoms with van der Waals surface area (Å²) in [5.74, 6) is 0. The summed E-state index contributed by atoms with van der Waals surface area (Å²) in [5, 5.41) is 0. The van der Waals surface area contributed by atoms with Crippen LogP contribution in [-0.2, 0) is 29.1 Å². The van der Waals surface area contributed by atoms with E-state index in [1.807, 2.05) is 12.1 Å². The van der Waals surface area contributed by atoms with E-state index in [2.05, 4.69) is 238 Å². The van der Waals surface area contributed by atoms with Crippen LogP contribution in [0.2, 0.25) is 0 Å². The first-order valence-corrected chi connectivity index (χ1v) is 25.0. The second-order valence-corrected chi connectivity index (χ2v) is 24.1. The summed E-state index contributed by atoms with van der Waals surface area (Å²) in [6.07, 6.45) is 1.97. The van der Waals surface area contributed by atoms with Gasteiger partial charge in [-0.2, -0.15) is 0 Å². The lowest BCUT2D eigenvalue weighted by molar-refractivity contribution is 0.392. The standard InChI is InChI=1S/C66H67BN2/c1-42-30-60-62-61(31-42)69(57-29-27-51(64(5,6)7)38-54(57)47-33-45(43-20-15-13-16-21-43)32-46(34-47)44-22-17-14-18-23-44)58-36-49-41-66(11,12)40-48(49)35-56(58)67(62)55-28-26-52(65(8,9)10)39-59(55)68(60)53-25-19-24-50(37-53)63(2,3)4/h13-39H,40-41H2,1-12H3/i1D3. The Morgan fingerprint density at radius 2 is 0.971 bits per heavy atom. The van der Waals surface area contributed by atoms with Gasteiger partial charge < -0.3 is 9.80 Å². The highest BCUT2D eigenvalue weighted by Crippen LogP contribution is 2.50. The lowest BCUT2D eigenvalue weighted by atomic mass is 9.33. The van der Waals surface area contributed by atoms with Crippen molar-refractivity contribution in [3.8, 4) is 33.4 Å². The smallest absolute Gasteiger partial charge is 0.252 e. The molecule has 1 aliphatic carbocycles. The number of benzene rings is 8. The number of hydrogen-bond acceptors (Lipinski definition) is 2.